The van der Waals surface area contributed by atoms with Crippen molar-refractivity contribution >= 4 is 34.8 Å². The minimum Gasteiger partial charge on any atom is -0.325 e. The van der Waals surface area contributed by atoms with Crippen LogP contribution in [0.25, 0.3) is 0 Å². The van der Waals surface area contributed by atoms with Crippen molar-refractivity contribution in [3.8, 4) is 0 Å². The van der Waals surface area contributed by atoms with E-state index in [0.717, 1.165) is 6.42 Å². The van der Waals surface area contributed by atoms with E-state index in [9.17, 15) is 9.18 Å². The number of carbonyl (C=O) groups is 1. The third-order valence-corrected chi connectivity index (χ3v) is 2.74. The second-order valence-corrected chi connectivity index (χ2v) is 4.45. The first-order valence-electron chi connectivity index (χ1n) is 5.16. The van der Waals surface area contributed by atoms with Gasteiger partial charge in [-0.2, -0.15) is 0 Å². The SMILES string of the molecule is CCC[C@@H](N)C(=O)Nc1cc(Cl)c(F)c(Cl)c1. The van der Waals surface area contributed by atoms with Crippen LogP contribution in [0.5, 0.6) is 0 Å². The van der Waals surface area contributed by atoms with Crippen LogP contribution in [0.1, 0.15) is 19.8 Å². The van der Waals surface area contributed by atoms with Crippen LogP contribution in [0, 0.1) is 5.82 Å². The van der Waals surface area contributed by atoms with Crippen molar-refractivity contribution in [2.24, 2.45) is 5.73 Å². The number of amides is 1. The summed E-state index contributed by atoms with van der Waals surface area (Å²) >= 11 is 11.2. The number of rotatable bonds is 4. The van der Waals surface area contributed by atoms with Crippen LogP contribution in [0.2, 0.25) is 10.0 Å². The smallest absolute Gasteiger partial charge is 0.241 e. The highest BCUT2D eigenvalue weighted by Crippen LogP contribution is 2.27. The number of carbonyl (C=O) groups excluding carboxylic acids is 1. The first-order valence-corrected chi connectivity index (χ1v) is 5.92. The van der Waals surface area contributed by atoms with Crippen molar-refractivity contribution in [3.63, 3.8) is 0 Å². The van der Waals surface area contributed by atoms with Gasteiger partial charge in [0.2, 0.25) is 5.91 Å². The fourth-order valence-electron chi connectivity index (χ4n) is 1.30. The maximum absolute atomic E-state index is 13.1. The molecule has 0 saturated carbocycles. The molecule has 17 heavy (non-hydrogen) atoms. The van der Waals surface area contributed by atoms with Gasteiger partial charge in [0.05, 0.1) is 16.1 Å². The van der Waals surface area contributed by atoms with Crippen molar-refractivity contribution in [3.05, 3.63) is 28.0 Å². The highest BCUT2D eigenvalue weighted by atomic mass is 35.5. The van der Waals surface area contributed by atoms with Gasteiger partial charge in [0.1, 0.15) is 0 Å². The zero-order chi connectivity index (χ0) is 13.0. The summed E-state index contributed by atoms with van der Waals surface area (Å²) < 4.78 is 13.1. The molecule has 0 aliphatic carbocycles. The third-order valence-electron chi connectivity index (χ3n) is 2.19. The molecule has 1 amide bonds. The Morgan fingerprint density at radius 3 is 2.47 bits per heavy atom. The summed E-state index contributed by atoms with van der Waals surface area (Å²) in [6, 6.07) is 1.99. The van der Waals surface area contributed by atoms with E-state index in [2.05, 4.69) is 5.32 Å². The molecule has 1 atom stereocenters. The molecule has 1 aromatic rings. The molecular formula is C11H13Cl2FN2O. The second-order valence-electron chi connectivity index (χ2n) is 3.64. The molecular weight excluding hydrogens is 266 g/mol. The molecule has 0 aliphatic heterocycles. The topological polar surface area (TPSA) is 55.1 Å². The largest absolute Gasteiger partial charge is 0.325 e. The zero-order valence-electron chi connectivity index (χ0n) is 9.27. The summed E-state index contributed by atoms with van der Waals surface area (Å²) in [4.78, 5) is 11.6. The molecule has 3 nitrogen and oxygen atoms in total. The molecule has 0 unspecified atom stereocenters. The van der Waals surface area contributed by atoms with Crippen LogP contribution < -0.4 is 11.1 Å². The van der Waals surface area contributed by atoms with Gasteiger partial charge < -0.3 is 11.1 Å². The Labute approximate surface area is 109 Å². The Morgan fingerprint density at radius 1 is 1.47 bits per heavy atom. The van der Waals surface area contributed by atoms with Gasteiger partial charge in [-0.3, -0.25) is 4.79 Å². The lowest BCUT2D eigenvalue weighted by atomic mass is 10.1. The van der Waals surface area contributed by atoms with E-state index in [4.69, 9.17) is 28.9 Å². The molecule has 0 aromatic heterocycles. The van der Waals surface area contributed by atoms with E-state index in [1.54, 1.807) is 0 Å². The first kappa shape index (κ1) is 14.2. The van der Waals surface area contributed by atoms with Gasteiger partial charge in [-0.25, -0.2) is 4.39 Å². The summed E-state index contributed by atoms with van der Waals surface area (Å²) in [7, 11) is 0. The van der Waals surface area contributed by atoms with Gasteiger partial charge in [-0.1, -0.05) is 36.5 Å². The molecule has 0 fully saturated rings. The minimum absolute atomic E-state index is 0.142. The van der Waals surface area contributed by atoms with Crippen LogP contribution in [0.3, 0.4) is 0 Å². The van der Waals surface area contributed by atoms with Gasteiger partial charge in [0, 0.05) is 5.69 Å². The summed E-state index contributed by atoms with van der Waals surface area (Å²) in [6.07, 6.45) is 1.38. The molecule has 1 rings (SSSR count). The number of hydrogen-bond donors (Lipinski definition) is 2. The summed E-state index contributed by atoms with van der Waals surface area (Å²) in [6.45, 7) is 1.93. The van der Waals surface area contributed by atoms with Crippen LogP contribution >= 0.6 is 23.2 Å². The van der Waals surface area contributed by atoms with Crippen LogP contribution in [0.15, 0.2) is 12.1 Å². The second kappa shape index (κ2) is 6.19. The lowest BCUT2D eigenvalue weighted by Gasteiger charge is -2.12. The van der Waals surface area contributed by atoms with Crippen molar-refractivity contribution in [2.75, 3.05) is 5.32 Å². The van der Waals surface area contributed by atoms with Gasteiger partial charge in [0.15, 0.2) is 5.82 Å². The van der Waals surface area contributed by atoms with Crippen molar-refractivity contribution in [1.82, 2.24) is 0 Å². The zero-order valence-corrected chi connectivity index (χ0v) is 10.8. The predicted molar refractivity (Wildman–Crippen MR) is 67.9 cm³/mol. The number of hydrogen-bond acceptors (Lipinski definition) is 2. The van der Waals surface area contributed by atoms with Crippen molar-refractivity contribution < 1.29 is 9.18 Å². The molecule has 0 aliphatic rings. The fraction of sp³-hybridized carbons (Fsp3) is 0.364. The molecule has 3 N–H and O–H groups in total. The average Bonchev–Trinajstić information content (AvgIpc) is 2.26. The van der Waals surface area contributed by atoms with E-state index in [1.807, 2.05) is 6.92 Å². The normalized spacial score (nSPS) is 12.3. The van der Waals surface area contributed by atoms with Gasteiger partial charge in [-0.15, -0.1) is 0 Å². The Kier molecular flexibility index (Phi) is 5.18. The Morgan fingerprint density at radius 2 is 2.00 bits per heavy atom. The summed E-state index contributed by atoms with van der Waals surface area (Å²) in [5, 5.41) is 2.25. The summed E-state index contributed by atoms with van der Waals surface area (Å²) in [5.74, 6) is -1.05. The highest BCUT2D eigenvalue weighted by molar-refractivity contribution is 6.35. The van der Waals surface area contributed by atoms with Crippen LogP contribution in [-0.2, 0) is 4.79 Å². The molecule has 6 heteroatoms. The molecule has 0 bridgehead atoms. The predicted octanol–water partition coefficient (Wildman–Crippen LogP) is 3.20. The lowest BCUT2D eigenvalue weighted by Crippen LogP contribution is -2.35. The summed E-state index contributed by atoms with van der Waals surface area (Å²) in [5.41, 5.74) is 5.96. The fourth-order valence-corrected chi connectivity index (χ4v) is 1.79. The maximum Gasteiger partial charge on any atom is 0.241 e. The number of nitrogens with two attached hydrogens (primary N) is 1. The standard InChI is InChI=1S/C11H13Cl2FN2O/c1-2-3-9(15)11(17)16-6-4-7(12)10(14)8(13)5-6/h4-5,9H,2-3,15H2,1H3,(H,16,17)/t9-/m1/s1. The van der Waals surface area contributed by atoms with E-state index in [-0.39, 0.29) is 16.0 Å². The quantitative estimate of drug-likeness (QED) is 0.831. The number of halogens is 3. The molecule has 0 saturated heterocycles. The van der Waals surface area contributed by atoms with Crippen LogP contribution in [-0.4, -0.2) is 11.9 Å². The third kappa shape index (κ3) is 3.84. The van der Waals surface area contributed by atoms with E-state index < -0.39 is 11.9 Å². The van der Waals surface area contributed by atoms with E-state index in [1.165, 1.54) is 12.1 Å². The minimum atomic E-state index is -0.704. The number of anilines is 1. The molecule has 0 radical (unpaired) electrons. The van der Waals surface area contributed by atoms with Gasteiger partial charge in [0.25, 0.3) is 0 Å². The first-order chi connectivity index (χ1) is 7.95. The number of benzene rings is 1. The molecule has 94 valence electrons. The van der Waals surface area contributed by atoms with E-state index >= 15 is 0 Å². The maximum atomic E-state index is 13.1. The molecule has 0 spiro atoms. The van der Waals surface area contributed by atoms with Crippen molar-refractivity contribution in [2.45, 2.75) is 25.8 Å². The van der Waals surface area contributed by atoms with Crippen LogP contribution in [0.4, 0.5) is 10.1 Å². The molecule has 0 heterocycles. The average molecular weight is 279 g/mol. The number of nitrogens with one attached hydrogen (secondary N) is 1. The monoisotopic (exact) mass is 278 g/mol. The Hall–Kier alpha value is -0.840. The molecule has 1 aromatic carbocycles. The van der Waals surface area contributed by atoms with Gasteiger partial charge >= 0.3 is 0 Å². The highest BCUT2D eigenvalue weighted by Gasteiger charge is 2.14. The van der Waals surface area contributed by atoms with E-state index in [0.29, 0.717) is 12.1 Å². The lowest BCUT2D eigenvalue weighted by molar-refractivity contribution is -0.117. The Bertz CT molecular complexity index is 403. The Balaban J connectivity index is 2.79. The van der Waals surface area contributed by atoms with Crippen molar-refractivity contribution in [1.29, 1.82) is 0 Å². The van der Waals surface area contributed by atoms with Gasteiger partial charge in [-0.05, 0) is 18.6 Å².